The van der Waals surface area contributed by atoms with E-state index in [1.54, 1.807) is 0 Å². The minimum Gasteiger partial charge on any atom is -0.663 e. The fourth-order valence-corrected chi connectivity index (χ4v) is 3.05. The van der Waals surface area contributed by atoms with Crippen LogP contribution in [0.3, 0.4) is 0 Å². The molecule has 0 bridgehead atoms. The van der Waals surface area contributed by atoms with Gasteiger partial charge in [-0.1, -0.05) is 41.9 Å². The number of nitrogens with zero attached hydrogens (tertiary/aromatic N) is 4. The molecule has 130 valence electrons. The Morgan fingerprint density at radius 2 is 2.08 bits per heavy atom. The minimum absolute atomic E-state index is 0. The van der Waals surface area contributed by atoms with Crippen molar-refractivity contribution >= 4 is 22.7 Å². The molecule has 1 fully saturated rings. The number of fused-ring (bicyclic) bond motifs is 1. The van der Waals surface area contributed by atoms with Gasteiger partial charge in [0, 0.05) is 25.1 Å². The third-order valence-corrected chi connectivity index (χ3v) is 4.54. The molecular formula is C18H20N5NaO2. The first kappa shape index (κ1) is 19.0. The third-order valence-electron chi connectivity index (χ3n) is 4.54. The van der Waals surface area contributed by atoms with Gasteiger partial charge in [0.1, 0.15) is 0 Å². The topological polar surface area (TPSA) is 91.0 Å². The third kappa shape index (κ3) is 3.81. The van der Waals surface area contributed by atoms with Gasteiger partial charge in [0.25, 0.3) is 5.88 Å². The number of hydrogen-bond acceptors (Lipinski definition) is 4. The molecule has 1 aliphatic rings. The SMILES string of the molecule is CC(c1cc(/N=C(/N)N2CCOCC2)on1)c1c[n-]c2ccccc12.[Na+]. The fraction of sp³-hybridized carbons (Fsp3) is 0.333. The molecule has 0 aliphatic carbocycles. The smallest absolute Gasteiger partial charge is 0.663 e. The zero-order valence-corrected chi connectivity index (χ0v) is 17.1. The van der Waals surface area contributed by atoms with Gasteiger partial charge in [-0.2, -0.15) is 11.2 Å². The molecule has 0 radical (unpaired) electrons. The molecule has 1 aliphatic heterocycles. The number of ether oxygens (including phenoxy) is 1. The van der Waals surface area contributed by atoms with Gasteiger partial charge < -0.3 is 24.9 Å². The van der Waals surface area contributed by atoms with Crippen LogP contribution in [0.4, 0.5) is 5.88 Å². The standard InChI is InChI=1S/C18H20N5O2.Na/c1-12(14-11-20-15-5-3-2-4-13(14)15)16-10-17(25-22-16)21-18(19)23-6-8-24-9-7-23;/h2-5,10-12H,6-9H2,1H3,(H2,19,21);/q-1;+1. The molecule has 3 aromatic rings. The summed E-state index contributed by atoms with van der Waals surface area (Å²) in [6.07, 6.45) is 1.90. The van der Waals surface area contributed by atoms with Crippen LogP contribution in [0.2, 0.25) is 0 Å². The Morgan fingerprint density at radius 3 is 2.88 bits per heavy atom. The minimum atomic E-state index is 0. The van der Waals surface area contributed by atoms with Crippen molar-refractivity contribution in [2.75, 3.05) is 26.3 Å². The fourth-order valence-electron chi connectivity index (χ4n) is 3.05. The predicted octanol–water partition coefficient (Wildman–Crippen LogP) is -0.781. The second-order valence-corrected chi connectivity index (χ2v) is 6.11. The molecule has 4 rings (SSSR count). The number of aliphatic imine (C=N–C) groups is 1. The largest absolute Gasteiger partial charge is 1.00 e. The van der Waals surface area contributed by atoms with Crippen molar-refractivity contribution in [1.82, 2.24) is 15.0 Å². The Bertz CT molecular complexity index is 898. The first-order valence-corrected chi connectivity index (χ1v) is 8.36. The van der Waals surface area contributed by atoms with Gasteiger partial charge >= 0.3 is 29.6 Å². The van der Waals surface area contributed by atoms with Crippen LogP contribution in [0.15, 0.2) is 46.0 Å². The van der Waals surface area contributed by atoms with Crippen molar-refractivity contribution in [2.45, 2.75) is 12.8 Å². The van der Waals surface area contributed by atoms with E-state index in [1.807, 2.05) is 35.4 Å². The molecule has 8 heteroatoms. The molecule has 0 saturated carbocycles. The number of guanidine groups is 1. The van der Waals surface area contributed by atoms with Crippen LogP contribution in [0.5, 0.6) is 0 Å². The van der Waals surface area contributed by atoms with Gasteiger partial charge in [0.15, 0.2) is 5.96 Å². The number of nitrogens with two attached hydrogens (primary N) is 1. The van der Waals surface area contributed by atoms with Crippen molar-refractivity contribution in [3.63, 3.8) is 0 Å². The van der Waals surface area contributed by atoms with E-state index in [0.29, 0.717) is 25.1 Å². The average Bonchev–Trinajstić information content (AvgIpc) is 3.29. The summed E-state index contributed by atoms with van der Waals surface area (Å²) in [5, 5.41) is 5.30. The Morgan fingerprint density at radius 1 is 1.31 bits per heavy atom. The zero-order valence-electron chi connectivity index (χ0n) is 15.1. The van der Waals surface area contributed by atoms with Crippen molar-refractivity contribution in [1.29, 1.82) is 0 Å². The summed E-state index contributed by atoms with van der Waals surface area (Å²) >= 11 is 0. The van der Waals surface area contributed by atoms with Gasteiger partial charge in [0.2, 0.25) is 0 Å². The summed E-state index contributed by atoms with van der Waals surface area (Å²) < 4.78 is 10.7. The molecule has 2 N–H and O–H groups in total. The van der Waals surface area contributed by atoms with Gasteiger partial charge in [-0.05, 0) is 5.39 Å². The second kappa shape index (κ2) is 8.26. The summed E-state index contributed by atoms with van der Waals surface area (Å²) in [7, 11) is 0. The van der Waals surface area contributed by atoms with Crippen molar-refractivity contribution < 1.29 is 38.8 Å². The first-order valence-electron chi connectivity index (χ1n) is 8.36. The Kier molecular flexibility index (Phi) is 6.03. The average molecular weight is 361 g/mol. The van der Waals surface area contributed by atoms with Crippen molar-refractivity contribution in [3.8, 4) is 0 Å². The molecule has 1 unspecified atom stereocenters. The van der Waals surface area contributed by atoms with Crippen molar-refractivity contribution in [2.24, 2.45) is 10.7 Å². The van der Waals surface area contributed by atoms with Crippen LogP contribution >= 0.6 is 0 Å². The van der Waals surface area contributed by atoms with Crippen LogP contribution in [-0.4, -0.2) is 42.3 Å². The molecule has 26 heavy (non-hydrogen) atoms. The van der Waals surface area contributed by atoms with E-state index in [0.717, 1.165) is 35.2 Å². The number of para-hydroxylation sites is 1. The quantitative estimate of drug-likeness (QED) is 0.374. The van der Waals surface area contributed by atoms with Gasteiger partial charge in [-0.3, -0.25) is 0 Å². The van der Waals surface area contributed by atoms with E-state index in [4.69, 9.17) is 15.0 Å². The number of morpholine rings is 1. The van der Waals surface area contributed by atoms with E-state index < -0.39 is 0 Å². The van der Waals surface area contributed by atoms with E-state index in [-0.39, 0.29) is 35.5 Å². The zero-order chi connectivity index (χ0) is 17.2. The molecule has 1 atom stereocenters. The molecule has 2 aromatic heterocycles. The molecule has 3 heterocycles. The monoisotopic (exact) mass is 361 g/mol. The van der Waals surface area contributed by atoms with Crippen LogP contribution in [0, 0.1) is 0 Å². The van der Waals surface area contributed by atoms with E-state index >= 15 is 0 Å². The van der Waals surface area contributed by atoms with Gasteiger partial charge in [-0.15, -0.1) is 5.52 Å². The first-order chi connectivity index (χ1) is 12.2. The van der Waals surface area contributed by atoms with E-state index in [2.05, 4.69) is 28.1 Å². The molecule has 7 nitrogen and oxygen atoms in total. The molecular weight excluding hydrogens is 341 g/mol. The van der Waals surface area contributed by atoms with Crippen molar-refractivity contribution in [3.05, 3.63) is 47.8 Å². The summed E-state index contributed by atoms with van der Waals surface area (Å²) in [6, 6.07) is 9.92. The maximum absolute atomic E-state index is 6.06. The molecule has 1 saturated heterocycles. The Labute approximate surface area is 173 Å². The Hall–Kier alpha value is -1.80. The number of aromatic nitrogens is 2. The van der Waals surface area contributed by atoms with Crippen LogP contribution in [-0.2, 0) is 4.74 Å². The molecule has 0 spiro atoms. The van der Waals surface area contributed by atoms with Crippen LogP contribution < -0.4 is 40.3 Å². The second-order valence-electron chi connectivity index (χ2n) is 6.11. The van der Waals surface area contributed by atoms with E-state index in [9.17, 15) is 0 Å². The number of benzene rings is 1. The number of rotatable bonds is 3. The maximum Gasteiger partial charge on any atom is 1.00 e. The predicted molar refractivity (Wildman–Crippen MR) is 95.0 cm³/mol. The van der Waals surface area contributed by atoms with E-state index in [1.165, 1.54) is 0 Å². The Balaban J connectivity index is 0.00000196. The van der Waals surface area contributed by atoms with Crippen LogP contribution in [0.1, 0.15) is 24.1 Å². The van der Waals surface area contributed by atoms with Crippen LogP contribution in [0.25, 0.3) is 10.9 Å². The summed E-state index contributed by atoms with van der Waals surface area (Å²) in [5.41, 5.74) is 8.98. The molecule has 1 aromatic carbocycles. The summed E-state index contributed by atoms with van der Waals surface area (Å²) in [6.45, 7) is 4.87. The molecule has 0 amide bonds. The normalized spacial score (nSPS) is 16.5. The van der Waals surface area contributed by atoms with Gasteiger partial charge in [-0.25, -0.2) is 0 Å². The summed E-state index contributed by atoms with van der Waals surface area (Å²) in [5.74, 6) is 0.901. The number of hydrogen-bond donors (Lipinski definition) is 1. The maximum atomic E-state index is 6.06. The van der Waals surface area contributed by atoms with Gasteiger partial charge in [0.05, 0.1) is 18.9 Å². The summed E-state index contributed by atoms with van der Waals surface area (Å²) in [4.78, 5) is 10.8.